The van der Waals surface area contributed by atoms with Crippen LogP contribution in [0, 0.1) is 0 Å². The quantitative estimate of drug-likeness (QED) is 0.877. The Morgan fingerprint density at radius 1 is 1.42 bits per heavy atom. The van der Waals surface area contributed by atoms with Crippen molar-refractivity contribution in [1.82, 2.24) is 20.4 Å². The number of aromatic nitrogens is 3. The number of hydrogen-bond acceptors (Lipinski definition) is 6. The highest BCUT2D eigenvalue weighted by molar-refractivity contribution is 6.35. The number of nitrogens with one attached hydrogen (secondary N) is 1. The third-order valence-electron chi connectivity index (χ3n) is 2.98. The first kappa shape index (κ1) is 12.8. The predicted molar refractivity (Wildman–Crippen MR) is 68.9 cm³/mol. The number of halogens is 2. The molecule has 2 aromatic rings. The van der Waals surface area contributed by atoms with Crippen LogP contribution in [0.15, 0.2) is 16.8 Å². The van der Waals surface area contributed by atoms with Crippen molar-refractivity contribution in [3.05, 3.63) is 28.2 Å². The van der Waals surface area contributed by atoms with Crippen LogP contribution in [0.25, 0.3) is 11.5 Å². The molecular formula is C11H10Cl2N4O2. The summed E-state index contributed by atoms with van der Waals surface area (Å²) in [7, 11) is 0. The first-order chi connectivity index (χ1) is 9.08. The molecule has 3 heterocycles. The van der Waals surface area contributed by atoms with Crippen LogP contribution in [0.1, 0.15) is 12.3 Å². The van der Waals surface area contributed by atoms with Gasteiger partial charge in [-0.25, -0.2) is 4.98 Å². The van der Waals surface area contributed by atoms with Crippen LogP contribution in [-0.4, -0.2) is 33.3 Å². The third-order valence-corrected chi connectivity index (χ3v) is 3.47. The van der Waals surface area contributed by atoms with Gasteiger partial charge < -0.3 is 14.9 Å². The topological polar surface area (TPSA) is 84.1 Å². The van der Waals surface area contributed by atoms with E-state index in [2.05, 4.69) is 20.4 Å². The fraction of sp³-hybridized carbons (Fsp3) is 0.364. The number of aliphatic hydroxyl groups is 1. The molecule has 2 aromatic heterocycles. The SMILES string of the molecule is OC1(c2nc(-c3ncc(Cl)cc3Cl)no2)CCNC1. The number of β-amino-alcohol motifs (C(OH)–C–C–N with tert-alkyl or cyclic N) is 1. The van der Waals surface area contributed by atoms with Gasteiger partial charge in [-0.3, -0.25) is 0 Å². The predicted octanol–water partition coefficient (Wildman–Crippen LogP) is 1.62. The second-order valence-electron chi connectivity index (χ2n) is 4.37. The summed E-state index contributed by atoms with van der Waals surface area (Å²) in [5.74, 6) is 0.400. The van der Waals surface area contributed by atoms with Gasteiger partial charge in [0, 0.05) is 12.7 Å². The summed E-state index contributed by atoms with van der Waals surface area (Å²) < 4.78 is 5.11. The van der Waals surface area contributed by atoms with Crippen molar-refractivity contribution < 1.29 is 9.63 Å². The number of hydrogen-bond donors (Lipinski definition) is 2. The molecule has 8 heteroatoms. The zero-order valence-corrected chi connectivity index (χ0v) is 11.2. The smallest absolute Gasteiger partial charge is 0.260 e. The van der Waals surface area contributed by atoms with Gasteiger partial charge in [0.15, 0.2) is 5.60 Å². The van der Waals surface area contributed by atoms with Crippen molar-refractivity contribution in [2.75, 3.05) is 13.1 Å². The molecule has 0 bridgehead atoms. The zero-order valence-electron chi connectivity index (χ0n) is 9.73. The Labute approximate surface area is 118 Å². The molecule has 1 aliphatic heterocycles. The van der Waals surface area contributed by atoms with Crippen molar-refractivity contribution in [1.29, 1.82) is 0 Å². The summed E-state index contributed by atoms with van der Waals surface area (Å²) >= 11 is 11.8. The Morgan fingerprint density at radius 2 is 2.26 bits per heavy atom. The van der Waals surface area contributed by atoms with Crippen LogP contribution in [0.4, 0.5) is 0 Å². The molecule has 0 spiro atoms. The molecule has 0 aromatic carbocycles. The minimum absolute atomic E-state index is 0.167. The first-order valence-electron chi connectivity index (χ1n) is 5.67. The molecule has 3 rings (SSSR count). The second-order valence-corrected chi connectivity index (χ2v) is 5.21. The normalized spacial score (nSPS) is 22.9. The van der Waals surface area contributed by atoms with Gasteiger partial charge in [0.1, 0.15) is 5.69 Å². The molecule has 100 valence electrons. The van der Waals surface area contributed by atoms with Gasteiger partial charge in [-0.1, -0.05) is 28.4 Å². The van der Waals surface area contributed by atoms with Crippen LogP contribution < -0.4 is 5.32 Å². The lowest BCUT2D eigenvalue weighted by molar-refractivity contribution is 0.0243. The summed E-state index contributed by atoms with van der Waals surface area (Å²) in [5, 5.41) is 17.9. The zero-order chi connectivity index (χ0) is 13.5. The summed E-state index contributed by atoms with van der Waals surface area (Å²) in [6, 6.07) is 1.55. The van der Waals surface area contributed by atoms with Gasteiger partial charge in [-0.2, -0.15) is 4.98 Å². The molecule has 0 amide bonds. The highest BCUT2D eigenvalue weighted by atomic mass is 35.5. The molecular weight excluding hydrogens is 291 g/mol. The second kappa shape index (κ2) is 4.72. The van der Waals surface area contributed by atoms with E-state index in [0.29, 0.717) is 35.2 Å². The van der Waals surface area contributed by atoms with Gasteiger partial charge in [0.05, 0.1) is 10.0 Å². The number of rotatable bonds is 2. The molecule has 1 saturated heterocycles. The van der Waals surface area contributed by atoms with Gasteiger partial charge >= 0.3 is 0 Å². The largest absolute Gasteiger partial charge is 0.379 e. The molecule has 0 aliphatic carbocycles. The van der Waals surface area contributed by atoms with E-state index < -0.39 is 5.60 Å². The Hall–Kier alpha value is -1.21. The molecule has 1 unspecified atom stereocenters. The molecule has 19 heavy (non-hydrogen) atoms. The lowest BCUT2D eigenvalue weighted by Gasteiger charge is -2.14. The number of pyridine rings is 1. The van der Waals surface area contributed by atoms with E-state index in [1.807, 2.05) is 0 Å². The number of nitrogens with zero attached hydrogens (tertiary/aromatic N) is 3. The molecule has 0 radical (unpaired) electrons. The summed E-state index contributed by atoms with van der Waals surface area (Å²) in [6.45, 7) is 1.09. The summed E-state index contributed by atoms with van der Waals surface area (Å²) in [6.07, 6.45) is 1.97. The van der Waals surface area contributed by atoms with E-state index in [0.717, 1.165) is 0 Å². The van der Waals surface area contributed by atoms with E-state index >= 15 is 0 Å². The Bertz CT molecular complexity index is 610. The minimum Gasteiger partial charge on any atom is -0.379 e. The fourth-order valence-electron chi connectivity index (χ4n) is 1.95. The van der Waals surface area contributed by atoms with Gasteiger partial charge in [-0.05, 0) is 19.0 Å². The maximum atomic E-state index is 10.3. The minimum atomic E-state index is -1.12. The third kappa shape index (κ3) is 2.32. The molecule has 1 aliphatic rings. The molecule has 1 atom stereocenters. The van der Waals surface area contributed by atoms with Crippen LogP contribution in [0.5, 0.6) is 0 Å². The van der Waals surface area contributed by atoms with Crippen LogP contribution in [0.2, 0.25) is 10.0 Å². The summed E-state index contributed by atoms with van der Waals surface area (Å²) in [5.41, 5.74) is -0.750. The van der Waals surface area contributed by atoms with Crippen LogP contribution in [0.3, 0.4) is 0 Å². The van der Waals surface area contributed by atoms with Crippen molar-refractivity contribution in [3.8, 4) is 11.5 Å². The van der Waals surface area contributed by atoms with Crippen molar-refractivity contribution in [3.63, 3.8) is 0 Å². The van der Waals surface area contributed by atoms with Crippen LogP contribution >= 0.6 is 23.2 Å². The lowest BCUT2D eigenvalue weighted by atomic mass is 10.0. The average molecular weight is 301 g/mol. The van der Waals surface area contributed by atoms with E-state index in [9.17, 15) is 5.11 Å². The van der Waals surface area contributed by atoms with Gasteiger partial charge in [0.25, 0.3) is 5.89 Å². The van der Waals surface area contributed by atoms with E-state index in [4.69, 9.17) is 27.7 Å². The molecule has 2 N–H and O–H groups in total. The highest BCUT2D eigenvalue weighted by Gasteiger charge is 2.39. The Morgan fingerprint density at radius 3 is 2.95 bits per heavy atom. The van der Waals surface area contributed by atoms with Crippen molar-refractivity contribution in [2.45, 2.75) is 12.0 Å². The highest BCUT2D eigenvalue weighted by Crippen LogP contribution is 2.30. The molecule has 0 saturated carbocycles. The first-order valence-corrected chi connectivity index (χ1v) is 6.43. The van der Waals surface area contributed by atoms with E-state index in [1.165, 1.54) is 6.20 Å². The monoisotopic (exact) mass is 300 g/mol. The standard InChI is InChI=1S/C11H10Cl2N4O2/c12-6-3-7(13)8(15-4-6)9-16-10(19-17-9)11(18)1-2-14-5-11/h3-4,14,18H,1-2,5H2. The van der Waals surface area contributed by atoms with Crippen LogP contribution in [-0.2, 0) is 5.60 Å². The molecule has 6 nitrogen and oxygen atoms in total. The lowest BCUT2D eigenvalue weighted by Crippen LogP contribution is -2.28. The van der Waals surface area contributed by atoms with E-state index in [1.54, 1.807) is 6.07 Å². The maximum Gasteiger partial charge on any atom is 0.260 e. The van der Waals surface area contributed by atoms with Gasteiger partial charge in [0.2, 0.25) is 5.82 Å². The average Bonchev–Trinajstić information content (AvgIpc) is 2.99. The maximum absolute atomic E-state index is 10.3. The van der Waals surface area contributed by atoms with E-state index in [-0.39, 0.29) is 11.7 Å². The molecule has 1 fully saturated rings. The summed E-state index contributed by atoms with van der Waals surface area (Å²) in [4.78, 5) is 8.23. The van der Waals surface area contributed by atoms with Crippen molar-refractivity contribution in [2.24, 2.45) is 0 Å². The Kier molecular flexibility index (Phi) is 3.18. The fourth-order valence-corrected chi connectivity index (χ4v) is 2.41. The van der Waals surface area contributed by atoms with Crippen molar-refractivity contribution >= 4 is 23.2 Å². The Balaban J connectivity index is 1.97. The van der Waals surface area contributed by atoms with Gasteiger partial charge in [-0.15, -0.1) is 0 Å².